The van der Waals surface area contributed by atoms with E-state index in [1.807, 2.05) is 4.90 Å². The number of nitrogens with two attached hydrogens (primary N) is 1. The zero-order valence-electron chi connectivity index (χ0n) is 11.8. The second-order valence-corrected chi connectivity index (χ2v) is 5.76. The first-order chi connectivity index (χ1) is 9.60. The maximum atomic E-state index is 12.0. The number of esters is 1. The Morgan fingerprint density at radius 3 is 3.00 bits per heavy atom. The summed E-state index contributed by atoms with van der Waals surface area (Å²) in [5.41, 5.74) is 6.39. The number of hydrogen-bond donors (Lipinski definition) is 2. The minimum Gasteiger partial charge on any atom is -0.465 e. The molecule has 6 nitrogen and oxygen atoms in total. The van der Waals surface area contributed by atoms with Crippen LogP contribution in [-0.4, -0.2) is 49.6 Å². The molecular weight excluding hydrogens is 314 g/mol. The van der Waals surface area contributed by atoms with Gasteiger partial charge < -0.3 is 15.8 Å². The van der Waals surface area contributed by atoms with Gasteiger partial charge in [0.1, 0.15) is 4.88 Å². The summed E-state index contributed by atoms with van der Waals surface area (Å²) in [6.45, 7) is 1.92. The highest BCUT2D eigenvalue weighted by Crippen LogP contribution is 2.23. The second-order valence-electron chi connectivity index (χ2n) is 4.84. The zero-order chi connectivity index (χ0) is 14.5. The molecule has 1 aliphatic heterocycles. The number of nitrogens with one attached hydrogen (secondary N) is 1. The van der Waals surface area contributed by atoms with Crippen LogP contribution < -0.4 is 11.1 Å². The average Bonchev–Trinajstić information content (AvgIpc) is 2.85. The molecule has 2 rings (SSSR count). The van der Waals surface area contributed by atoms with Crippen LogP contribution in [0.4, 0.5) is 5.69 Å². The van der Waals surface area contributed by atoms with E-state index in [9.17, 15) is 9.59 Å². The van der Waals surface area contributed by atoms with Gasteiger partial charge in [-0.1, -0.05) is 0 Å². The summed E-state index contributed by atoms with van der Waals surface area (Å²) in [5, 5.41) is 4.50. The van der Waals surface area contributed by atoms with Gasteiger partial charge in [-0.05, 0) is 30.8 Å². The molecule has 1 amide bonds. The number of ether oxygens (including phenoxy) is 1. The number of nitrogens with zero attached hydrogens (tertiary/aromatic N) is 1. The number of carbonyl (C=O) groups is 2. The number of halogens is 1. The average molecular weight is 334 g/mol. The fourth-order valence-electron chi connectivity index (χ4n) is 2.29. The molecule has 1 saturated heterocycles. The number of anilines is 1. The Kier molecular flexibility index (Phi) is 7.10. The molecule has 1 atom stereocenters. The van der Waals surface area contributed by atoms with Gasteiger partial charge in [0.15, 0.2) is 0 Å². The molecule has 118 valence electrons. The van der Waals surface area contributed by atoms with Gasteiger partial charge in [0.2, 0.25) is 5.91 Å². The number of carbonyl (C=O) groups excluding carboxylic acids is 2. The Balaban J connectivity index is 0.00000220. The molecule has 1 unspecified atom stereocenters. The lowest BCUT2D eigenvalue weighted by Crippen LogP contribution is -2.45. The first kappa shape index (κ1) is 17.9. The zero-order valence-corrected chi connectivity index (χ0v) is 13.5. The third kappa shape index (κ3) is 4.96. The summed E-state index contributed by atoms with van der Waals surface area (Å²) >= 11 is 1.25. The molecule has 1 aliphatic rings. The maximum Gasteiger partial charge on any atom is 0.350 e. The highest BCUT2D eigenvalue weighted by Gasteiger charge is 2.20. The second kappa shape index (κ2) is 8.33. The Morgan fingerprint density at radius 1 is 1.57 bits per heavy atom. The van der Waals surface area contributed by atoms with Crippen molar-refractivity contribution >= 4 is 41.3 Å². The Hall–Kier alpha value is -1.15. The third-order valence-corrected chi connectivity index (χ3v) is 4.11. The fraction of sp³-hybridized carbons (Fsp3) is 0.538. The summed E-state index contributed by atoms with van der Waals surface area (Å²) in [5.74, 6) is -0.571. The normalized spacial score (nSPS) is 18.7. The number of hydrogen-bond acceptors (Lipinski definition) is 6. The smallest absolute Gasteiger partial charge is 0.350 e. The van der Waals surface area contributed by atoms with Crippen LogP contribution in [-0.2, 0) is 9.53 Å². The van der Waals surface area contributed by atoms with Gasteiger partial charge >= 0.3 is 5.97 Å². The van der Waals surface area contributed by atoms with E-state index in [1.165, 1.54) is 18.4 Å². The van der Waals surface area contributed by atoms with E-state index in [2.05, 4.69) is 10.1 Å². The van der Waals surface area contributed by atoms with E-state index in [1.54, 1.807) is 11.4 Å². The van der Waals surface area contributed by atoms with Crippen LogP contribution in [0.1, 0.15) is 22.5 Å². The van der Waals surface area contributed by atoms with Crippen LogP contribution in [0.3, 0.4) is 0 Å². The van der Waals surface area contributed by atoms with Crippen molar-refractivity contribution in [1.82, 2.24) is 4.90 Å². The van der Waals surface area contributed by atoms with Crippen molar-refractivity contribution < 1.29 is 14.3 Å². The van der Waals surface area contributed by atoms with E-state index in [0.717, 1.165) is 25.9 Å². The lowest BCUT2D eigenvalue weighted by Gasteiger charge is -2.29. The van der Waals surface area contributed by atoms with Crippen molar-refractivity contribution in [2.75, 3.05) is 32.1 Å². The van der Waals surface area contributed by atoms with Crippen molar-refractivity contribution in [2.45, 2.75) is 18.9 Å². The van der Waals surface area contributed by atoms with Crippen LogP contribution in [0.2, 0.25) is 0 Å². The topological polar surface area (TPSA) is 84.7 Å². The molecule has 1 aromatic heterocycles. The molecule has 0 aromatic carbocycles. The highest BCUT2D eigenvalue weighted by atomic mass is 35.5. The molecule has 3 N–H and O–H groups in total. The van der Waals surface area contributed by atoms with Crippen molar-refractivity contribution in [3.8, 4) is 0 Å². The van der Waals surface area contributed by atoms with Crippen LogP contribution in [0.25, 0.3) is 0 Å². The predicted molar refractivity (Wildman–Crippen MR) is 85.2 cm³/mol. The standard InChI is InChI=1S/C13H19N3O3S.ClH/c1-19-13(18)12-10(4-6-20-12)15-11(17)8-16-5-2-3-9(14)7-16;/h4,6,9H,2-3,5,7-8,14H2,1H3,(H,15,17);1H. The minimum absolute atomic E-state index is 0. The van der Waals surface area contributed by atoms with Crippen molar-refractivity contribution in [1.29, 1.82) is 0 Å². The van der Waals surface area contributed by atoms with Crippen molar-refractivity contribution in [3.05, 3.63) is 16.3 Å². The quantitative estimate of drug-likeness (QED) is 0.812. The van der Waals surface area contributed by atoms with Gasteiger partial charge in [0.05, 0.1) is 19.3 Å². The summed E-state index contributed by atoms with van der Waals surface area (Å²) in [6, 6.07) is 1.85. The summed E-state index contributed by atoms with van der Waals surface area (Å²) < 4.78 is 4.67. The van der Waals surface area contributed by atoms with Gasteiger partial charge in [-0.3, -0.25) is 9.69 Å². The first-order valence-electron chi connectivity index (χ1n) is 6.53. The SMILES string of the molecule is COC(=O)c1sccc1NC(=O)CN1CCCC(N)C1.Cl. The van der Waals surface area contributed by atoms with Crippen LogP contribution >= 0.6 is 23.7 Å². The van der Waals surface area contributed by atoms with E-state index in [-0.39, 0.29) is 24.4 Å². The Bertz CT molecular complexity index is 495. The maximum absolute atomic E-state index is 12.0. The molecular formula is C13H20ClN3O3S. The van der Waals surface area contributed by atoms with Gasteiger partial charge in [-0.25, -0.2) is 4.79 Å². The highest BCUT2D eigenvalue weighted by molar-refractivity contribution is 7.12. The van der Waals surface area contributed by atoms with E-state index >= 15 is 0 Å². The lowest BCUT2D eigenvalue weighted by molar-refractivity contribution is -0.117. The van der Waals surface area contributed by atoms with Gasteiger partial charge in [-0.15, -0.1) is 23.7 Å². The van der Waals surface area contributed by atoms with E-state index in [0.29, 0.717) is 17.1 Å². The van der Waals surface area contributed by atoms with Crippen LogP contribution in [0, 0.1) is 0 Å². The van der Waals surface area contributed by atoms with Crippen molar-refractivity contribution in [2.24, 2.45) is 5.73 Å². The number of likely N-dealkylation sites (tertiary alicyclic amines) is 1. The largest absolute Gasteiger partial charge is 0.465 e. The number of piperidine rings is 1. The van der Waals surface area contributed by atoms with Crippen LogP contribution in [0.5, 0.6) is 0 Å². The van der Waals surface area contributed by atoms with Crippen molar-refractivity contribution in [3.63, 3.8) is 0 Å². The molecule has 0 aliphatic carbocycles. The molecule has 21 heavy (non-hydrogen) atoms. The number of amides is 1. The van der Waals surface area contributed by atoms with Gasteiger partial charge in [0.25, 0.3) is 0 Å². The molecule has 0 bridgehead atoms. The predicted octanol–water partition coefficient (Wildman–Crippen LogP) is 1.32. The van der Waals surface area contributed by atoms with E-state index in [4.69, 9.17) is 5.73 Å². The van der Waals surface area contributed by atoms with Crippen LogP contribution in [0.15, 0.2) is 11.4 Å². The minimum atomic E-state index is -0.435. The summed E-state index contributed by atoms with van der Waals surface area (Å²) in [6.07, 6.45) is 2.02. The summed E-state index contributed by atoms with van der Waals surface area (Å²) in [4.78, 5) is 26.0. The number of thiophene rings is 1. The molecule has 8 heteroatoms. The van der Waals surface area contributed by atoms with Gasteiger partial charge in [0, 0.05) is 12.6 Å². The molecule has 1 fully saturated rings. The molecule has 0 spiro atoms. The summed E-state index contributed by atoms with van der Waals surface area (Å²) in [7, 11) is 1.32. The van der Waals surface area contributed by atoms with Gasteiger partial charge in [-0.2, -0.15) is 0 Å². The Morgan fingerprint density at radius 2 is 2.33 bits per heavy atom. The molecule has 0 radical (unpaired) electrons. The van der Waals surface area contributed by atoms with E-state index < -0.39 is 5.97 Å². The Labute approximate surface area is 134 Å². The fourth-order valence-corrected chi connectivity index (χ4v) is 3.05. The monoisotopic (exact) mass is 333 g/mol. The lowest BCUT2D eigenvalue weighted by atomic mass is 10.1. The molecule has 2 heterocycles. The molecule has 1 aromatic rings. The third-order valence-electron chi connectivity index (χ3n) is 3.22. The number of rotatable bonds is 4. The molecule has 0 saturated carbocycles. The number of methoxy groups -OCH3 is 1. The first-order valence-corrected chi connectivity index (χ1v) is 7.41.